The maximum Gasteiger partial charge on any atom is 0.422 e. The molecule has 1 aliphatic rings. The van der Waals surface area contributed by atoms with Crippen LogP contribution in [0.1, 0.15) is 31.7 Å². The van der Waals surface area contributed by atoms with Crippen molar-refractivity contribution in [3.63, 3.8) is 0 Å². The summed E-state index contributed by atoms with van der Waals surface area (Å²) in [6.45, 7) is 6.26. The zero-order valence-corrected chi connectivity index (χ0v) is 12.1. The average Bonchev–Trinajstić information content (AvgIpc) is 2.34. The van der Waals surface area contributed by atoms with E-state index in [2.05, 4.69) is 14.4 Å². The van der Waals surface area contributed by atoms with Crippen molar-refractivity contribution in [2.24, 2.45) is 10.1 Å². The van der Waals surface area contributed by atoms with E-state index in [4.69, 9.17) is 5.73 Å². The molecule has 104 valence electrons. The van der Waals surface area contributed by atoms with Crippen molar-refractivity contribution in [3.05, 3.63) is 17.6 Å². The van der Waals surface area contributed by atoms with Gasteiger partial charge in [-0.2, -0.15) is 4.98 Å². The number of hydrogen-bond donors (Lipinski definition) is 1. The van der Waals surface area contributed by atoms with Gasteiger partial charge >= 0.3 is 10.2 Å². The van der Waals surface area contributed by atoms with Crippen LogP contribution >= 0.6 is 0 Å². The molecule has 2 rings (SSSR count). The Hall–Kier alpha value is -1.54. The topological polar surface area (TPSA) is 98.3 Å². The Kier molecular flexibility index (Phi) is 3.31. The number of nitrogens with zero attached hydrogens (tertiary/aromatic N) is 4. The van der Waals surface area contributed by atoms with E-state index >= 15 is 0 Å². The fourth-order valence-corrected chi connectivity index (χ4v) is 3.93. The van der Waals surface area contributed by atoms with E-state index in [9.17, 15) is 8.42 Å². The fraction of sp³-hybridized carbons (Fsp3) is 0.545. The van der Waals surface area contributed by atoms with Gasteiger partial charge in [0.2, 0.25) is 0 Å². The van der Waals surface area contributed by atoms with E-state index < -0.39 is 10.2 Å². The largest absolute Gasteiger partial charge is 0.422 e. The molecule has 0 spiro atoms. The van der Waals surface area contributed by atoms with Gasteiger partial charge in [0.1, 0.15) is 6.54 Å². The molecule has 0 fully saturated rings. The summed E-state index contributed by atoms with van der Waals surface area (Å²) in [7, 11) is -3.77. The first kappa shape index (κ1) is 13.9. The lowest BCUT2D eigenvalue weighted by atomic mass is 10.3. The third-order valence-electron chi connectivity index (χ3n) is 3.25. The van der Waals surface area contributed by atoms with Crippen LogP contribution in [0.15, 0.2) is 10.6 Å². The first-order valence-electron chi connectivity index (χ1n) is 6.20. The van der Waals surface area contributed by atoms with Gasteiger partial charge in [0.15, 0.2) is 11.5 Å². The molecule has 1 aromatic rings. The number of aromatic nitrogens is 2. The molecule has 1 unspecified atom stereocenters. The van der Waals surface area contributed by atoms with Gasteiger partial charge in [-0.25, -0.2) is 4.98 Å². The summed E-state index contributed by atoms with van der Waals surface area (Å²) >= 11 is 0. The molecule has 0 aliphatic carbocycles. The molecule has 19 heavy (non-hydrogen) atoms. The monoisotopic (exact) mass is 284 g/mol. The summed E-state index contributed by atoms with van der Waals surface area (Å²) < 4.78 is 28.2. The molecule has 0 bridgehead atoms. The number of aryl methyl sites for hydroxylation is 1. The van der Waals surface area contributed by atoms with Crippen LogP contribution in [0.4, 0.5) is 5.82 Å². The molecule has 2 N–H and O–H groups in total. The number of rotatable bonds is 3. The van der Waals surface area contributed by atoms with Crippen molar-refractivity contribution in [2.75, 3.05) is 13.1 Å². The summed E-state index contributed by atoms with van der Waals surface area (Å²) in [5, 5.41) is 0. The number of quaternary nitrogens is 1. The molecule has 0 saturated carbocycles. The van der Waals surface area contributed by atoms with Gasteiger partial charge in [0.25, 0.3) is 5.82 Å². The lowest BCUT2D eigenvalue weighted by Gasteiger charge is -2.34. The van der Waals surface area contributed by atoms with Crippen LogP contribution in [-0.2, 0) is 10.2 Å². The van der Waals surface area contributed by atoms with Crippen LogP contribution in [-0.4, -0.2) is 37.3 Å². The molecule has 1 aliphatic heterocycles. The lowest BCUT2D eigenvalue weighted by molar-refractivity contribution is 0.408. The second kappa shape index (κ2) is 4.53. The molecule has 0 saturated heterocycles. The van der Waals surface area contributed by atoms with Crippen LogP contribution in [0.5, 0.6) is 0 Å². The molecule has 1 aromatic heterocycles. The van der Waals surface area contributed by atoms with E-state index in [1.54, 1.807) is 20.0 Å². The highest BCUT2D eigenvalue weighted by Crippen LogP contribution is 2.33. The highest BCUT2D eigenvalue weighted by molar-refractivity contribution is 7.89. The summed E-state index contributed by atoms with van der Waals surface area (Å²) in [4.78, 5) is 8.57. The highest BCUT2D eigenvalue weighted by atomic mass is 32.2. The Labute approximate surface area is 113 Å². The highest BCUT2D eigenvalue weighted by Gasteiger charge is 2.49. The summed E-state index contributed by atoms with van der Waals surface area (Å²) in [5.74, 6) is 0.298. The minimum absolute atomic E-state index is 0.0792. The van der Waals surface area contributed by atoms with Crippen LogP contribution in [0.3, 0.4) is 0 Å². The van der Waals surface area contributed by atoms with Gasteiger partial charge in [-0.1, -0.05) is 11.3 Å². The van der Waals surface area contributed by atoms with Crippen molar-refractivity contribution in [3.8, 4) is 0 Å². The Balaban J connectivity index is 2.81. The third kappa shape index (κ3) is 1.91. The SMILES string of the molecule is CCC[N+]1(CC)c2ncc(C)nc2C(N)=NS1(=O)=O. The Morgan fingerprint density at radius 3 is 2.63 bits per heavy atom. The molecule has 0 radical (unpaired) electrons. The van der Waals surface area contributed by atoms with Crippen molar-refractivity contribution < 1.29 is 8.42 Å². The Morgan fingerprint density at radius 2 is 2.05 bits per heavy atom. The van der Waals surface area contributed by atoms with Crippen LogP contribution in [0.25, 0.3) is 0 Å². The van der Waals surface area contributed by atoms with Crippen LogP contribution in [0, 0.1) is 6.92 Å². The Morgan fingerprint density at radius 1 is 1.37 bits per heavy atom. The van der Waals surface area contributed by atoms with Gasteiger partial charge in [-0.05, 0) is 20.3 Å². The fourth-order valence-electron chi connectivity index (χ4n) is 2.35. The van der Waals surface area contributed by atoms with Gasteiger partial charge < -0.3 is 5.73 Å². The lowest BCUT2D eigenvalue weighted by Crippen LogP contribution is -2.57. The summed E-state index contributed by atoms with van der Waals surface area (Å²) in [5.41, 5.74) is 6.78. The number of fused-ring (bicyclic) bond motifs is 1. The quantitative estimate of drug-likeness (QED) is 0.814. The average molecular weight is 284 g/mol. The number of amidine groups is 1. The molecule has 8 heteroatoms. The van der Waals surface area contributed by atoms with Crippen molar-refractivity contribution in [2.45, 2.75) is 27.2 Å². The zero-order chi connectivity index (χ0) is 14.3. The third-order valence-corrected chi connectivity index (χ3v) is 5.18. The molecule has 0 aromatic carbocycles. The van der Waals surface area contributed by atoms with Crippen molar-refractivity contribution in [1.82, 2.24) is 13.9 Å². The molecular weight excluding hydrogens is 266 g/mol. The predicted octanol–water partition coefficient (Wildman–Crippen LogP) is 0.486. The van der Waals surface area contributed by atoms with Crippen LogP contribution in [0.2, 0.25) is 0 Å². The molecule has 7 nitrogen and oxygen atoms in total. The van der Waals surface area contributed by atoms with E-state index in [0.717, 1.165) is 0 Å². The Bertz CT molecular complexity index is 640. The smallest absolute Gasteiger partial charge is 0.381 e. The molecular formula is C11H18N5O2S+. The maximum absolute atomic E-state index is 12.4. The van der Waals surface area contributed by atoms with Gasteiger partial charge in [-0.15, -0.1) is 12.3 Å². The van der Waals surface area contributed by atoms with Crippen molar-refractivity contribution >= 4 is 21.9 Å². The number of hydrogen-bond acceptors (Lipinski definition) is 5. The second-order valence-corrected chi connectivity index (χ2v) is 6.31. The van der Waals surface area contributed by atoms with E-state index in [1.165, 1.54) is 0 Å². The summed E-state index contributed by atoms with van der Waals surface area (Å²) in [6, 6.07) is 0. The first-order chi connectivity index (χ1) is 8.88. The van der Waals surface area contributed by atoms with Gasteiger partial charge in [-0.3, -0.25) is 0 Å². The maximum atomic E-state index is 12.4. The number of nitrogens with two attached hydrogens (primary N) is 1. The first-order valence-corrected chi connectivity index (χ1v) is 7.60. The molecule has 2 heterocycles. The standard InChI is InChI=1S/C11H18N5O2S/c1-4-6-16(5-2)11-9(14-8(3)7-13-11)10(12)15-19(16,17)18/h7H,4-6H2,1-3H3,(H2,12,15)/q+1. The van der Waals surface area contributed by atoms with E-state index in [-0.39, 0.29) is 9.72 Å². The molecule has 0 amide bonds. The zero-order valence-electron chi connectivity index (χ0n) is 11.3. The minimum Gasteiger partial charge on any atom is -0.381 e. The summed E-state index contributed by atoms with van der Waals surface area (Å²) in [6.07, 6.45) is 2.25. The molecule has 1 atom stereocenters. The van der Waals surface area contributed by atoms with E-state index in [0.29, 0.717) is 36.7 Å². The van der Waals surface area contributed by atoms with Gasteiger partial charge in [0.05, 0.1) is 18.4 Å². The predicted molar refractivity (Wildman–Crippen MR) is 73.9 cm³/mol. The van der Waals surface area contributed by atoms with E-state index in [1.807, 2.05) is 6.92 Å². The van der Waals surface area contributed by atoms with Gasteiger partial charge in [0, 0.05) is 0 Å². The normalized spacial score (nSPS) is 24.7. The van der Waals surface area contributed by atoms with Crippen molar-refractivity contribution in [1.29, 1.82) is 0 Å². The second-order valence-electron chi connectivity index (χ2n) is 4.54. The van der Waals surface area contributed by atoms with Crippen LogP contribution < -0.4 is 9.62 Å². The minimum atomic E-state index is -3.77.